The van der Waals surface area contributed by atoms with Gasteiger partial charge >= 0.3 is 0 Å². The fraction of sp³-hybridized carbons (Fsp3) is 0.440. The van der Waals surface area contributed by atoms with Crippen molar-refractivity contribution in [3.63, 3.8) is 0 Å². The minimum atomic E-state index is -0.791. The molecule has 170 valence electrons. The molecule has 2 aliphatic heterocycles. The standard InChI is InChI=1S/C25H28Cl2N2O3/c26-19-7-10-21(22(27)17-19)25(11-15-32-16-12-25)24(31)28-20-8-5-18(6-9-20)23(30)29-13-3-1-2-4-14-29/h5-10,17H,1-4,11-16H2,(H,28,31). The molecule has 0 radical (unpaired) electrons. The summed E-state index contributed by atoms with van der Waals surface area (Å²) < 4.78 is 5.53. The second-order valence-electron chi connectivity index (χ2n) is 8.56. The predicted molar refractivity (Wildman–Crippen MR) is 128 cm³/mol. The van der Waals surface area contributed by atoms with Gasteiger partial charge in [-0.25, -0.2) is 0 Å². The lowest BCUT2D eigenvalue weighted by Gasteiger charge is -2.36. The van der Waals surface area contributed by atoms with E-state index in [1.807, 2.05) is 11.0 Å². The molecule has 2 aromatic carbocycles. The van der Waals surface area contributed by atoms with Gasteiger partial charge in [0.2, 0.25) is 5.91 Å². The van der Waals surface area contributed by atoms with Crippen LogP contribution in [0.4, 0.5) is 5.69 Å². The van der Waals surface area contributed by atoms with E-state index in [1.54, 1.807) is 36.4 Å². The Morgan fingerprint density at radius 1 is 0.906 bits per heavy atom. The minimum Gasteiger partial charge on any atom is -0.381 e. The summed E-state index contributed by atoms with van der Waals surface area (Å²) in [5.41, 5.74) is 1.27. The molecule has 0 bridgehead atoms. The summed E-state index contributed by atoms with van der Waals surface area (Å²) in [5.74, 6) is -0.0739. The second-order valence-corrected chi connectivity index (χ2v) is 9.40. The lowest BCUT2D eigenvalue weighted by molar-refractivity contribution is -0.125. The first-order valence-electron chi connectivity index (χ1n) is 11.2. The van der Waals surface area contributed by atoms with Crippen LogP contribution in [0.15, 0.2) is 42.5 Å². The molecule has 0 unspecified atom stereocenters. The number of carbonyl (C=O) groups excluding carboxylic acids is 2. The number of anilines is 1. The molecule has 5 nitrogen and oxygen atoms in total. The number of rotatable bonds is 4. The molecule has 2 heterocycles. The lowest BCUT2D eigenvalue weighted by atomic mass is 9.73. The number of nitrogens with zero attached hydrogens (tertiary/aromatic N) is 1. The molecule has 0 atom stereocenters. The Morgan fingerprint density at radius 3 is 2.19 bits per heavy atom. The first-order chi connectivity index (χ1) is 15.5. The molecule has 2 saturated heterocycles. The Morgan fingerprint density at radius 2 is 1.56 bits per heavy atom. The van der Waals surface area contributed by atoms with Crippen LogP contribution in [0.1, 0.15) is 54.4 Å². The van der Waals surface area contributed by atoms with Crippen LogP contribution in [-0.4, -0.2) is 43.0 Å². The number of likely N-dealkylation sites (tertiary alicyclic amines) is 1. The number of benzene rings is 2. The highest BCUT2D eigenvalue weighted by atomic mass is 35.5. The summed E-state index contributed by atoms with van der Waals surface area (Å²) in [5, 5.41) is 4.05. The quantitative estimate of drug-likeness (QED) is 0.618. The van der Waals surface area contributed by atoms with Gasteiger partial charge in [-0.2, -0.15) is 0 Å². The number of ether oxygens (including phenoxy) is 1. The van der Waals surface area contributed by atoms with Crippen LogP contribution in [0, 0.1) is 0 Å². The number of nitrogens with one attached hydrogen (secondary N) is 1. The number of hydrogen-bond acceptors (Lipinski definition) is 3. The molecule has 7 heteroatoms. The van der Waals surface area contributed by atoms with Crippen molar-refractivity contribution in [2.75, 3.05) is 31.6 Å². The molecule has 32 heavy (non-hydrogen) atoms. The third-order valence-corrected chi connectivity index (χ3v) is 7.06. The van der Waals surface area contributed by atoms with Crippen molar-refractivity contribution in [3.05, 3.63) is 63.6 Å². The summed E-state index contributed by atoms with van der Waals surface area (Å²) in [7, 11) is 0. The predicted octanol–water partition coefficient (Wildman–Crippen LogP) is 5.70. The highest BCUT2D eigenvalue weighted by Crippen LogP contribution is 2.40. The molecule has 2 aliphatic rings. The molecule has 2 aromatic rings. The highest BCUT2D eigenvalue weighted by molar-refractivity contribution is 6.35. The lowest BCUT2D eigenvalue weighted by Crippen LogP contribution is -2.45. The van der Waals surface area contributed by atoms with E-state index in [2.05, 4.69) is 5.32 Å². The second kappa shape index (κ2) is 10.2. The Bertz CT molecular complexity index is 964. The summed E-state index contributed by atoms with van der Waals surface area (Å²) in [6.07, 6.45) is 5.54. The van der Waals surface area contributed by atoms with Crippen LogP contribution in [-0.2, 0) is 14.9 Å². The largest absolute Gasteiger partial charge is 0.381 e. The van der Waals surface area contributed by atoms with E-state index < -0.39 is 5.41 Å². The van der Waals surface area contributed by atoms with Gasteiger partial charge in [0.15, 0.2) is 0 Å². The van der Waals surface area contributed by atoms with Crippen LogP contribution in [0.5, 0.6) is 0 Å². The molecule has 0 aliphatic carbocycles. The van der Waals surface area contributed by atoms with Crippen molar-refractivity contribution in [1.82, 2.24) is 4.90 Å². The van der Waals surface area contributed by atoms with Gasteiger partial charge in [-0.05, 0) is 67.6 Å². The Labute approximate surface area is 199 Å². The zero-order chi connectivity index (χ0) is 22.6. The van der Waals surface area contributed by atoms with Crippen LogP contribution >= 0.6 is 23.2 Å². The summed E-state index contributed by atoms with van der Waals surface area (Å²) in [6, 6.07) is 12.4. The summed E-state index contributed by atoms with van der Waals surface area (Å²) in [4.78, 5) is 28.3. The number of amides is 2. The zero-order valence-corrected chi connectivity index (χ0v) is 19.6. The van der Waals surface area contributed by atoms with Gasteiger partial charge in [0.05, 0.1) is 5.41 Å². The molecule has 4 rings (SSSR count). The van der Waals surface area contributed by atoms with E-state index in [0.29, 0.717) is 47.4 Å². The SMILES string of the molecule is O=C(c1ccc(NC(=O)C2(c3ccc(Cl)cc3Cl)CCOCC2)cc1)N1CCCCCC1. The molecular weight excluding hydrogens is 447 g/mol. The maximum atomic E-state index is 13.5. The topological polar surface area (TPSA) is 58.6 Å². The first-order valence-corrected chi connectivity index (χ1v) is 12.0. The van der Waals surface area contributed by atoms with E-state index in [9.17, 15) is 9.59 Å². The minimum absolute atomic E-state index is 0.0543. The normalized spacial score (nSPS) is 18.6. The average molecular weight is 475 g/mol. The molecule has 2 amide bonds. The van der Waals surface area contributed by atoms with Crippen molar-refractivity contribution in [3.8, 4) is 0 Å². The van der Waals surface area contributed by atoms with Crippen molar-refractivity contribution >= 4 is 40.7 Å². The van der Waals surface area contributed by atoms with Crippen molar-refractivity contribution < 1.29 is 14.3 Å². The van der Waals surface area contributed by atoms with Crippen LogP contribution < -0.4 is 5.32 Å². The van der Waals surface area contributed by atoms with Crippen LogP contribution in [0.3, 0.4) is 0 Å². The number of carbonyl (C=O) groups is 2. The van der Waals surface area contributed by atoms with Gasteiger partial charge in [0, 0.05) is 47.6 Å². The van der Waals surface area contributed by atoms with Gasteiger partial charge in [-0.15, -0.1) is 0 Å². The number of halogens is 2. The third kappa shape index (κ3) is 4.95. The fourth-order valence-electron chi connectivity index (χ4n) is 4.62. The summed E-state index contributed by atoms with van der Waals surface area (Å²) in [6.45, 7) is 2.58. The molecule has 0 aromatic heterocycles. The monoisotopic (exact) mass is 474 g/mol. The third-order valence-electron chi connectivity index (χ3n) is 6.51. The van der Waals surface area contributed by atoms with Crippen molar-refractivity contribution in [2.45, 2.75) is 43.9 Å². The van der Waals surface area contributed by atoms with Crippen molar-refractivity contribution in [1.29, 1.82) is 0 Å². The maximum Gasteiger partial charge on any atom is 0.253 e. The van der Waals surface area contributed by atoms with Crippen molar-refractivity contribution in [2.24, 2.45) is 0 Å². The summed E-state index contributed by atoms with van der Waals surface area (Å²) >= 11 is 12.6. The van der Waals surface area contributed by atoms with E-state index in [0.717, 1.165) is 31.5 Å². The van der Waals surface area contributed by atoms with Gasteiger partial charge < -0.3 is 15.0 Å². The van der Waals surface area contributed by atoms with E-state index in [1.165, 1.54) is 12.8 Å². The average Bonchev–Trinajstić information content (AvgIpc) is 3.09. The van der Waals surface area contributed by atoms with Gasteiger partial charge in [-0.3, -0.25) is 9.59 Å². The first kappa shape index (κ1) is 23.1. The fourth-order valence-corrected chi connectivity index (χ4v) is 5.21. The highest BCUT2D eigenvalue weighted by Gasteiger charge is 2.43. The van der Waals surface area contributed by atoms with Gasteiger partial charge in [-0.1, -0.05) is 42.1 Å². The zero-order valence-electron chi connectivity index (χ0n) is 18.0. The van der Waals surface area contributed by atoms with E-state index in [-0.39, 0.29) is 11.8 Å². The van der Waals surface area contributed by atoms with E-state index in [4.69, 9.17) is 27.9 Å². The molecule has 1 N–H and O–H groups in total. The Kier molecular flexibility index (Phi) is 7.39. The maximum absolute atomic E-state index is 13.5. The van der Waals surface area contributed by atoms with Gasteiger partial charge in [0.25, 0.3) is 5.91 Å². The van der Waals surface area contributed by atoms with Gasteiger partial charge in [0.1, 0.15) is 0 Å². The molecule has 0 spiro atoms. The Balaban J connectivity index is 1.52. The van der Waals surface area contributed by atoms with Crippen LogP contribution in [0.25, 0.3) is 0 Å². The number of hydrogen-bond donors (Lipinski definition) is 1. The molecule has 0 saturated carbocycles. The Hall–Kier alpha value is -2.08. The molecular formula is C25H28Cl2N2O3. The smallest absolute Gasteiger partial charge is 0.253 e. The molecule has 2 fully saturated rings. The van der Waals surface area contributed by atoms with Crippen LogP contribution in [0.2, 0.25) is 10.0 Å². The van der Waals surface area contributed by atoms with E-state index >= 15 is 0 Å².